The highest BCUT2D eigenvalue weighted by atomic mass is 31.0. The third-order valence-electron chi connectivity index (χ3n) is 6.03. The molecule has 9 heteroatoms. The summed E-state index contributed by atoms with van der Waals surface area (Å²) in [5.74, 6) is 1.68. The molecule has 33 heavy (non-hydrogen) atoms. The fraction of sp³-hybridized carbons (Fsp3) is 0.417. The lowest BCUT2D eigenvalue weighted by atomic mass is 10.1. The van der Waals surface area contributed by atoms with Gasteiger partial charge in [0.25, 0.3) is 0 Å². The molecule has 4 heterocycles. The van der Waals surface area contributed by atoms with Crippen molar-refractivity contribution in [1.82, 2.24) is 29.5 Å². The van der Waals surface area contributed by atoms with Crippen LogP contribution in [-0.4, -0.2) is 62.4 Å². The van der Waals surface area contributed by atoms with E-state index in [0.717, 1.165) is 78.7 Å². The van der Waals surface area contributed by atoms with Crippen molar-refractivity contribution in [2.45, 2.75) is 32.5 Å². The second kappa shape index (κ2) is 9.67. The van der Waals surface area contributed by atoms with Crippen LogP contribution in [0.25, 0.3) is 28.1 Å². The van der Waals surface area contributed by atoms with E-state index in [2.05, 4.69) is 58.8 Å². The van der Waals surface area contributed by atoms with Gasteiger partial charge < -0.3 is 9.47 Å². The van der Waals surface area contributed by atoms with E-state index in [9.17, 15) is 0 Å². The van der Waals surface area contributed by atoms with Crippen molar-refractivity contribution in [2.24, 2.45) is 0 Å². The van der Waals surface area contributed by atoms with Crippen LogP contribution < -0.4 is 4.74 Å². The Kier molecular flexibility index (Phi) is 6.49. The Morgan fingerprint density at radius 1 is 1.15 bits per heavy atom. The highest BCUT2D eigenvalue weighted by Gasteiger charge is 2.21. The smallest absolute Gasteiger partial charge is 0.183 e. The predicted octanol–water partition coefficient (Wildman–Crippen LogP) is 4.03. The zero-order chi connectivity index (χ0) is 22.8. The molecule has 1 aliphatic rings. The number of morpholine rings is 1. The van der Waals surface area contributed by atoms with Crippen LogP contribution in [-0.2, 0) is 4.74 Å². The number of unbranched alkanes of at least 4 members (excludes halogenated alkanes) is 1. The summed E-state index contributed by atoms with van der Waals surface area (Å²) in [6.45, 7) is 8.16. The van der Waals surface area contributed by atoms with E-state index < -0.39 is 0 Å². The molecule has 0 bridgehead atoms. The topological polar surface area (TPSA) is 77.7 Å². The third kappa shape index (κ3) is 4.43. The van der Waals surface area contributed by atoms with Crippen LogP contribution in [0.2, 0.25) is 0 Å². The molecule has 0 aliphatic carbocycles. The zero-order valence-electron chi connectivity index (χ0n) is 19.1. The lowest BCUT2D eigenvalue weighted by Gasteiger charge is -2.32. The first kappa shape index (κ1) is 22.1. The highest BCUT2D eigenvalue weighted by Crippen LogP contribution is 2.32. The van der Waals surface area contributed by atoms with Crippen LogP contribution in [0, 0.1) is 6.92 Å². The molecule has 1 saturated heterocycles. The van der Waals surface area contributed by atoms with E-state index in [0.29, 0.717) is 6.61 Å². The predicted molar refractivity (Wildman–Crippen MR) is 132 cm³/mol. The van der Waals surface area contributed by atoms with Crippen molar-refractivity contribution in [2.75, 3.05) is 32.9 Å². The largest absolute Gasteiger partial charge is 0.492 e. The highest BCUT2D eigenvalue weighted by molar-refractivity contribution is 7.17. The normalized spacial score (nSPS) is 15.8. The van der Waals surface area contributed by atoms with Gasteiger partial charge in [0.15, 0.2) is 11.5 Å². The number of hydrogen-bond acceptors (Lipinski definition) is 7. The molecule has 0 N–H and O–H groups in total. The van der Waals surface area contributed by atoms with Crippen molar-refractivity contribution in [3.8, 4) is 17.1 Å². The summed E-state index contributed by atoms with van der Waals surface area (Å²) in [5.41, 5.74) is 5.55. The minimum absolute atomic E-state index is 0.201. The first-order chi connectivity index (χ1) is 16.2. The van der Waals surface area contributed by atoms with E-state index in [4.69, 9.17) is 14.5 Å². The van der Waals surface area contributed by atoms with Gasteiger partial charge >= 0.3 is 0 Å². The Bertz CT molecular complexity index is 1270. The van der Waals surface area contributed by atoms with Crippen LogP contribution in [0.3, 0.4) is 0 Å². The quantitative estimate of drug-likeness (QED) is 0.302. The first-order valence-electron chi connectivity index (χ1n) is 11.5. The lowest BCUT2D eigenvalue weighted by Crippen LogP contribution is -2.37. The van der Waals surface area contributed by atoms with Crippen LogP contribution in [0.4, 0.5) is 0 Å². The summed E-state index contributed by atoms with van der Waals surface area (Å²) < 4.78 is 13.5. The van der Waals surface area contributed by atoms with Gasteiger partial charge in [-0.15, -0.1) is 19.4 Å². The molecule has 0 saturated carbocycles. The molecule has 172 valence electrons. The lowest BCUT2D eigenvalue weighted by molar-refractivity contribution is 0.0322. The summed E-state index contributed by atoms with van der Waals surface area (Å²) >= 11 is 0. The number of nitrogens with zero attached hydrogens (tertiary/aromatic N) is 6. The van der Waals surface area contributed by atoms with Crippen molar-refractivity contribution in [3.63, 3.8) is 0 Å². The number of aryl methyl sites for hydroxylation is 1. The van der Waals surface area contributed by atoms with Gasteiger partial charge in [-0.25, -0.2) is 4.98 Å². The number of hydrogen-bond donors (Lipinski definition) is 0. The Morgan fingerprint density at radius 3 is 2.82 bits per heavy atom. The molecule has 5 rings (SSSR count). The number of fused-ring (bicyclic) bond motifs is 3. The van der Waals surface area contributed by atoms with E-state index in [1.807, 2.05) is 13.0 Å². The van der Waals surface area contributed by atoms with E-state index >= 15 is 0 Å². The van der Waals surface area contributed by atoms with Crippen molar-refractivity contribution >= 4 is 25.9 Å². The van der Waals surface area contributed by atoms with Gasteiger partial charge in [-0.05, 0) is 37.1 Å². The molecular formula is C24H29N6O2P. The molecule has 4 aromatic rings. The van der Waals surface area contributed by atoms with Crippen molar-refractivity contribution in [1.29, 1.82) is 0 Å². The average molecular weight is 465 g/mol. The van der Waals surface area contributed by atoms with Crippen LogP contribution in [0.1, 0.15) is 36.8 Å². The zero-order valence-corrected chi connectivity index (χ0v) is 20.2. The Balaban J connectivity index is 1.60. The van der Waals surface area contributed by atoms with Gasteiger partial charge in [0.2, 0.25) is 0 Å². The Labute approximate surface area is 195 Å². The van der Waals surface area contributed by atoms with Crippen molar-refractivity contribution < 1.29 is 9.47 Å². The summed E-state index contributed by atoms with van der Waals surface area (Å²) in [6.07, 6.45) is 5.65. The maximum absolute atomic E-state index is 5.88. The summed E-state index contributed by atoms with van der Waals surface area (Å²) in [6, 6.07) is 8.42. The summed E-state index contributed by atoms with van der Waals surface area (Å²) in [4.78, 5) is 11.6. The summed E-state index contributed by atoms with van der Waals surface area (Å²) in [7, 11) is 2.98. The van der Waals surface area contributed by atoms with Gasteiger partial charge in [0.1, 0.15) is 5.75 Å². The van der Waals surface area contributed by atoms with E-state index in [-0.39, 0.29) is 5.78 Å². The van der Waals surface area contributed by atoms with Gasteiger partial charge in [-0.3, -0.25) is 14.3 Å². The number of benzene rings is 1. The molecular weight excluding hydrogens is 435 g/mol. The number of pyridine rings is 1. The minimum atomic E-state index is 0.201. The molecule has 2 atom stereocenters. The monoisotopic (exact) mass is 464 g/mol. The third-order valence-corrected chi connectivity index (χ3v) is 6.84. The van der Waals surface area contributed by atoms with Gasteiger partial charge in [0, 0.05) is 30.6 Å². The molecule has 0 radical (unpaired) electrons. The van der Waals surface area contributed by atoms with Gasteiger partial charge in [0.05, 0.1) is 42.7 Å². The molecule has 8 nitrogen and oxygen atoms in total. The summed E-state index contributed by atoms with van der Waals surface area (Å²) in [5, 5.41) is 8.99. The minimum Gasteiger partial charge on any atom is -0.492 e. The maximum Gasteiger partial charge on any atom is 0.183 e. The second-order valence-electron chi connectivity index (χ2n) is 8.33. The molecule has 0 spiro atoms. The van der Waals surface area contributed by atoms with Gasteiger partial charge in [-0.2, -0.15) is 0 Å². The fourth-order valence-corrected chi connectivity index (χ4v) is 4.69. The SMILES string of the molecule is CCCCOc1cncc(-c2nnc3c(C)nc4ccc(C(P)N5CCOCC5)cc4n23)c1. The first-order valence-corrected chi connectivity index (χ1v) is 12.1. The van der Waals surface area contributed by atoms with E-state index in [1.54, 1.807) is 12.4 Å². The molecule has 1 aliphatic heterocycles. The van der Waals surface area contributed by atoms with Crippen LogP contribution >= 0.6 is 9.24 Å². The van der Waals surface area contributed by atoms with Gasteiger partial charge in [-0.1, -0.05) is 19.4 Å². The average Bonchev–Trinajstić information content (AvgIpc) is 3.31. The van der Waals surface area contributed by atoms with E-state index in [1.165, 1.54) is 5.56 Å². The van der Waals surface area contributed by atoms with Crippen molar-refractivity contribution in [3.05, 3.63) is 47.9 Å². The number of aromatic nitrogens is 5. The fourth-order valence-electron chi connectivity index (χ4n) is 4.18. The second-order valence-corrected chi connectivity index (χ2v) is 8.96. The maximum atomic E-state index is 5.88. The Morgan fingerprint density at radius 2 is 2.00 bits per heavy atom. The molecule has 2 unspecified atom stereocenters. The molecule has 1 aromatic carbocycles. The number of rotatable bonds is 7. The number of ether oxygens (including phenoxy) is 2. The van der Waals surface area contributed by atoms with Crippen LogP contribution in [0.5, 0.6) is 5.75 Å². The molecule has 0 amide bonds. The standard InChI is InChI=1S/C24H29N6O2P/c1-3-4-9-32-19-12-18(14-25-15-19)23-28-27-22-16(2)26-20-6-5-17(13-21(20)30(22)23)24(33)29-7-10-31-11-8-29/h5-6,12-15,24H,3-4,7-11,33H2,1-2H3. The van der Waals surface area contributed by atoms with Crippen LogP contribution in [0.15, 0.2) is 36.7 Å². The Hall–Kier alpha value is -2.67. The molecule has 3 aromatic heterocycles. The molecule has 1 fully saturated rings.